The highest BCUT2D eigenvalue weighted by atomic mass is 16.5. The van der Waals surface area contributed by atoms with Gasteiger partial charge in [0.15, 0.2) is 0 Å². The topological polar surface area (TPSA) is 72.6 Å². The van der Waals surface area contributed by atoms with Gasteiger partial charge in [0.1, 0.15) is 5.75 Å². The van der Waals surface area contributed by atoms with Gasteiger partial charge in [0, 0.05) is 11.5 Å². The zero-order chi connectivity index (χ0) is 13.8. The van der Waals surface area contributed by atoms with Crippen LogP contribution < -0.4 is 10.5 Å². The number of aliphatic carboxylic acids is 1. The van der Waals surface area contributed by atoms with Crippen LogP contribution in [0.15, 0.2) is 24.3 Å². The number of hydrogen-bond donors (Lipinski definition) is 2. The number of carbonyl (C=O) groups is 1. The Balaban J connectivity index is 3.11. The van der Waals surface area contributed by atoms with Crippen molar-refractivity contribution in [1.82, 2.24) is 0 Å². The third kappa shape index (κ3) is 3.01. The van der Waals surface area contributed by atoms with Crippen LogP contribution in [0.3, 0.4) is 0 Å². The lowest BCUT2D eigenvalue weighted by molar-refractivity contribution is -0.138. The molecule has 4 nitrogen and oxygen atoms in total. The molecule has 1 aromatic rings. The average molecular weight is 251 g/mol. The van der Waals surface area contributed by atoms with Gasteiger partial charge in [-0.05, 0) is 24.1 Å². The van der Waals surface area contributed by atoms with E-state index < -0.39 is 11.4 Å². The molecule has 0 spiro atoms. The van der Waals surface area contributed by atoms with Crippen LogP contribution in [0.4, 0.5) is 0 Å². The van der Waals surface area contributed by atoms with Crippen molar-refractivity contribution < 1.29 is 14.6 Å². The predicted octanol–water partition coefficient (Wildman–Crippen LogP) is 2.16. The summed E-state index contributed by atoms with van der Waals surface area (Å²) in [5.74, 6) is -0.0845. The van der Waals surface area contributed by atoms with E-state index in [-0.39, 0.29) is 12.5 Å². The van der Waals surface area contributed by atoms with Crippen LogP contribution in [0.5, 0.6) is 5.75 Å². The summed E-state index contributed by atoms with van der Waals surface area (Å²) >= 11 is 0. The minimum atomic E-state index is -0.836. The highest BCUT2D eigenvalue weighted by Gasteiger charge is 2.35. The Bertz CT molecular complexity index is 402. The molecule has 2 atom stereocenters. The summed E-state index contributed by atoms with van der Waals surface area (Å²) in [4.78, 5) is 11.1. The van der Waals surface area contributed by atoms with Gasteiger partial charge in [-0.2, -0.15) is 0 Å². The molecule has 0 saturated heterocycles. The van der Waals surface area contributed by atoms with E-state index in [0.717, 1.165) is 17.7 Å². The van der Waals surface area contributed by atoms with Crippen molar-refractivity contribution in [2.24, 2.45) is 5.73 Å². The van der Waals surface area contributed by atoms with E-state index in [9.17, 15) is 4.79 Å². The Morgan fingerprint density at radius 1 is 1.44 bits per heavy atom. The number of carboxylic acid groups (broad SMARTS) is 1. The molecule has 0 bridgehead atoms. The first kappa shape index (κ1) is 14.5. The summed E-state index contributed by atoms with van der Waals surface area (Å²) in [7, 11) is 1.60. The minimum absolute atomic E-state index is 0.0222. The molecule has 3 N–H and O–H groups in total. The first-order valence-corrected chi connectivity index (χ1v) is 6.06. The van der Waals surface area contributed by atoms with Crippen molar-refractivity contribution in [3.8, 4) is 5.75 Å². The third-order valence-corrected chi connectivity index (χ3v) is 3.53. The molecule has 2 unspecified atom stereocenters. The second kappa shape index (κ2) is 5.87. The number of benzene rings is 1. The molecule has 1 rings (SSSR count). The van der Waals surface area contributed by atoms with Gasteiger partial charge in [0.05, 0.1) is 13.5 Å². The van der Waals surface area contributed by atoms with E-state index in [2.05, 4.69) is 0 Å². The van der Waals surface area contributed by atoms with Crippen LogP contribution >= 0.6 is 0 Å². The lowest BCUT2D eigenvalue weighted by Crippen LogP contribution is -2.44. The Kier molecular flexibility index (Phi) is 4.73. The quantitative estimate of drug-likeness (QED) is 0.812. The third-order valence-electron chi connectivity index (χ3n) is 3.53. The Labute approximate surface area is 108 Å². The Morgan fingerprint density at radius 2 is 2.00 bits per heavy atom. The number of carboxylic acids is 1. The minimum Gasteiger partial charge on any atom is -0.497 e. The maximum Gasteiger partial charge on any atom is 0.304 e. The fourth-order valence-corrected chi connectivity index (χ4v) is 2.18. The SMILES string of the molecule is CCC(N)C(C)(CC(=O)O)c1ccc(OC)cc1. The number of hydrogen-bond acceptors (Lipinski definition) is 3. The molecular formula is C14H21NO3. The fraction of sp³-hybridized carbons (Fsp3) is 0.500. The summed E-state index contributed by atoms with van der Waals surface area (Å²) in [5.41, 5.74) is 6.48. The molecule has 0 radical (unpaired) electrons. The molecule has 0 amide bonds. The van der Waals surface area contributed by atoms with Gasteiger partial charge < -0.3 is 15.6 Å². The lowest BCUT2D eigenvalue weighted by atomic mass is 9.73. The molecule has 0 heterocycles. The van der Waals surface area contributed by atoms with E-state index in [0.29, 0.717) is 0 Å². The molecule has 0 aliphatic carbocycles. The van der Waals surface area contributed by atoms with Crippen molar-refractivity contribution in [2.45, 2.75) is 38.1 Å². The van der Waals surface area contributed by atoms with E-state index >= 15 is 0 Å². The normalized spacial score (nSPS) is 15.8. The fourth-order valence-electron chi connectivity index (χ4n) is 2.18. The van der Waals surface area contributed by atoms with Gasteiger partial charge in [-0.15, -0.1) is 0 Å². The molecule has 18 heavy (non-hydrogen) atoms. The van der Waals surface area contributed by atoms with Crippen molar-refractivity contribution in [3.63, 3.8) is 0 Å². The van der Waals surface area contributed by atoms with E-state index in [4.69, 9.17) is 15.6 Å². The van der Waals surface area contributed by atoms with Crippen molar-refractivity contribution in [1.29, 1.82) is 0 Å². The van der Waals surface area contributed by atoms with Crippen LogP contribution in [0.1, 0.15) is 32.3 Å². The highest BCUT2D eigenvalue weighted by molar-refractivity contribution is 5.69. The molecule has 0 aromatic heterocycles. The van der Waals surface area contributed by atoms with E-state index in [1.807, 2.05) is 38.1 Å². The van der Waals surface area contributed by atoms with Crippen molar-refractivity contribution >= 4 is 5.97 Å². The largest absolute Gasteiger partial charge is 0.497 e. The molecule has 0 aliphatic rings. The Morgan fingerprint density at radius 3 is 2.39 bits per heavy atom. The van der Waals surface area contributed by atoms with Crippen LogP contribution in [-0.2, 0) is 10.2 Å². The summed E-state index contributed by atoms with van der Waals surface area (Å²) in [6.45, 7) is 3.87. The number of ether oxygens (including phenoxy) is 1. The van der Waals surface area contributed by atoms with E-state index in [1.165, 1.54) is 0 Å². The number of nitrogens with two attached hydrogens (primary N) is 1. The monoisotopic (exact) mass is 251 g/mol. The van der Waals surface area contributed by atoms with Gasteiger partial charge in [0.25, 0.3) is 0 Å². The van der Waals surface area contributed by atoms with Crippen molar-refractivity contribution in [2.75, 3.05) is 7.11 Å². The molecule has 0 fully saturated rings. The van der Waals surface area contributed by atoms with Crippen LogP contribution in [0.25, 0.3) is 0 Å². The zero-order valence-electron chi connectivity index (χ0n) is 11.1. The molecular weight excluding hydrogens is 230 g/mol. The summed E-state index contributed by atoms with van der Waals surface area (Å²) in [6.07, 6.45) is 0.754. The molecule has 0 aliphatic heterocycles. The average Bonchev–Trinajstić information content (AvgIpc) is 2.36. The highest BCUT2D eigenvalue weighted by Crippen LogP contribution is 2.33. The zero-order valence-corrected chi connectivity index (χ0v) is 11.1. The maximum absolute atomic E-state index is 11.1. The predicted molar refractivity (Wildman–Crippen MR) is 70.9 cm³/mol. The molecule has 100 valence electrons. The standard InChI is InChI=1S/C14H21NO3/c1-4-12(15)14(2,9-13(16)17)10-5-7-11(18-3)8-6-10/h5-8,12H,4,9,15H2,1-3H3,(H,16,17). The van der Waals surface area contributed by atoms with Crippen LogP contribution in [0.2, 0.25) is 0 Å². The first-order chi connectivity index (χ1) is 8.43. The number of rotatable bonds is 6. The molecule has 0 saturated carbocycles. The first-order valence-electron chi connectivity index (χ1n) is 6.06. The van der Waals surface area contributed by atoms with E-state index in [1.54, 1.807) is 7.11 Å². The molecule has 4 heteroatoms. The van der Waals surface area contributed by atoms with Gasteiger partial charge in [-0.3, -0.25) is 4.79 Å². The van der Waals surface area contributed by atoms with Crippen molar-refractivity contribution in [3.05, 3.63) is 29.8 Å². The summed E-state index contributed by atoms with van der Waals surface area (Å²) < 4.78 is 5.10. The van der Waals surface area contributed by atoms with Gasteiger partial charge in [-0.1, -0.05) is 26.0 Å². The summed E-state index contributed by atoms with van der Waals surface area (Å²) in [6, 6.07) is 7.24. The van der Waals surface area contributed by atoms with Gasteiger partial charge >= 0.3 is 5.97 Å². The molecule has 1 aromatic carbocycles. The second-order valence-electron chi connectivity index (χ2n) is 4.73. The lowest BCUT2D eigenvalue weighted by Gasteiger charge is -2.34. The van der Waals surface area contributed by atoms with Gasteiger partial charge in [-0.25, -0.2) is 0 Å². The van der Waals surface area contributed by atoms with Crippen LogP contribution in [-0.4, -0.2) is 24.2 Å². The Hall–Kier alpha value is -1.55. The second-order valence-corrected chi connectivity index (χ2v) is 4.73. The number of methoxy groups -OCH3 is 1. The smallest absolute Gasteiger partial charge is 0.304 e. The van der Waals surface area contributed by atoms with Crippen LogP contribution in [0, 0.1) is 0 Å². The van der Waals surface area contributed by atoms with Gasteiger partial charge in [0.2, 0.25) is 0 Å². The maximum atomic E-state index is 11.1. The summed E-state index contributed by atoms with van der Waals surface area (Å²) in [5, 5.41) is 9.08.